The summed E-state index contributed by atoms with van der Waals surface area (Å²) >= 11 is 0. The number of alkyl halides is 3. The van der Waals surface area contributed by atoms with Crippen molar-refractivity contribution in [3.05, 3.63) is 59.9 Å². The molecule has 126 valence electrons. The van der Waals surface area contributed by atoms with Gasteiger partial charge in [0, 0.05) is 6.20 Å². The van der Waals surface area contributed by atoms with Crippen molar-refractivity contribution in [2.75, 3.05) is 6.61 Å². The number of halogens is 4. The van der Waals surface area contributed by atoms with Crippen LogP contribution in [0, 0.1) is 6.92 Å². The lowest BCUT2D eigenvalue weighted by Gasteiger charge is -2.10. The van der Waals surface area contributed by atoms with Gasteiger partial charge in [-0.25, -0.2) is 4.39 Å². The molecule has 0 spiro atoms. The molecule has 4 nitrogen and oxygen atoms in total. The molecule has 1 rings (SSSR count). The highest BCUT2D eigenvalue weighted by atomic mass is 19.4. The van der Waals surface area contributed by atoms with Gasteiger partial charge in [0.25, 0.3) is 0 Å². The predicted molar refractivity (Wildman–Crippen MR) is 80.0 cm³/mol. The molecular formula is C15H17F4N3O. The second-order valence-corrected chi connectivity index (χ2v) is 4.65. The second-order valence-electron chi connectivity index (χ2n) is 4.65. The monoisotopic (exact) mass is 331 g/mol. The molecule has 1 aromatic rings. The maximum Gasteiger partial charge on any atom is 0.422 e. The summed E-state index contributed by atoms with van der Waals surface area (Å²) in [5.41, 5.74) is 7.37. The van der Waals surface area contributed by atoms with Crippen molar-refractivity contribution < 1.29 is 22.3 Å². The molecule has 23 heavy (non-hydrogen) atoms. The van der Waals surface area contributed by atoms with Crippen molar-refractivity contribution in [1.82, 2.24) is 5.32 Å². The number of nitrogens with two attached hydrogens (primary N) is 1. The number of aryl methyl sites for hydroxylation is 1. The Kier molecular flexibility index (Phi) is 6.62. The zero-order valence-corrected chi connectivity index (χ0v) is 12.5. The molecule has 0 amide bonds. The maximum absolute atomic E-state index is 13.6. The molecule has 8 heteroatoms. The SMILES string of the molecule is C=C(NC=C(F)C(N)=NCc1ccc(C)cc1)OCC(F)(F)F. The van der Waals surface area contributed by atoms with Crippen LogP contribution in [0.15, 0.2) is 53.7 Å². The summed E-state index contributed by atoms with van der Waals surface area (Å²) < 4.78 is 53.6. The van der Waals surface area contributed by atoms with Crippen LogP contribution in [0.25, 0.3) is 0 Å². The average Bonchev–Trinajstić information content (AvgIpc) is 2.49. The van der Waals surface area contributed by atoms with E-state index in [4.69, 9.17) is 5.73 Å². The number of amidine groups is 1. The summed E-state index contributed by atoms with van der Waals surface area (Å²) in [4.78, 5) is 3.85. The van der Waals surface area contributed by atoms with Crippen molar-refractivity contribution in [2.24, 2.45) is 10.7 Å². The van der Waals surface area contributed by atoms with Crippen molar-refractivity contribution in [1.29, 1.82) is 0 Å². The highest BCUT2D eigenvalue weighted by Gasteiger charge is 2.28. The number of ether oxygens (including phenoxy) is 1. The minimum atomic E-state index is -4.50. The Hall–Kier alpha value is -2.51. The zero-order chi connectivity index (χ0) is 17.5. The zero-order valence-electron chi connectivity index (χ0n) is 12.5. The van der Waals surface area contributed by atoms with Gasteiger partial charge in [-0.05, 0) is 19.1 Å². The van der Waals surface area contributed by atoms with Crippen LogP contribution in [0.1, 0.15) is 11.1 Å². The Morgan fingerprint density at radius 3 is 2.52 bits per heavy atom. The first-order valence-electron chi connectivity index (χ1n) is 6.54. The Morgan fingerprint density at radius 2 is 1.96 bits per heavy atom. The van der Waals surface area contributed by atoms with E-state index >= 15 is 0 Å². The molecule has 0 bridgehead atoms. The fourth-order valence-corrected chi connectivity index (χ4v) is 1.37. The maximum atomic E-state index is 13.6. The molecule has 0 aromatic heterocycles. The lowest BCUT2D eigenvalue weighted by molar-refractivity contribution is -0.165. The lowest BCUT2D eigenvalue weighted by atomic mass is 10.1. The molecule has 0 saturated carbocycles. The van der Waals surface area contributed by atoms with Crippen LogP contribution >= 0.6 is 0 Å². The number of aliphatic imine (C=N–C) groups is 1. The van der Waals surface area contributed by atoms with E-state index in [0.717, 1.165) is 17.3 Å². The van der Waals surface area contributed by atoms with Crippen LogP contribution in [0.5, 0.6) is 0 Å². The van der Waals surface area contributed by atoms with Crippen molar-refractivity contribution >= 4 is 5.84 Å². The minimum Gasteiger partial charge on any atom is -0.470 e. The van der Waals surface area contributed by atoms with E-state index in [0.29, 0.717) is 0 Å². The number of hydrogen-bond acceptors (Lipinski definition) is 3. The molecule has 0 radical (unpaired) electrons. The predicted octanol–water partition coefficient (Wildman–Crippen LogP) is 3.30. The van der Waals surface area contributed by atoms with Gasteiger partial charge < -0.3 is 15.8 Å². The van der Waals surface area contributed by atoms with E-state index in [1.807, 2.05) is 31.2 Å². The fraction of sp³-hybridized carbons (Fsp3) is 0.267. The average molecular weight is 331 g/mol. The summed E-state index contributed by atoms with van der Waals surface area (Å²) in [6.07, 6.45) is -3.77. The quantitative estimate of drug-likeness (QED) is 0.349. The summed E-state index contributed by atoms with van der Waals surface area (Å²) in [6.45, 7) is 3.76. The first-order valence-corrected chi connectivity index (χ1v) is 6.54. The van der Waals surface area contributed by atoms with E-state index in [1.165, 1.54) is 0 Å². The van der Waals surface area contributed by atoms with Crippen LogP contribution in [0.3, 0.4) is 0 Å². The van der Waals surface area contributed by atoms with E-state index in [1.54, 1.807) is 0 Å². The second kappa shape index (κ2) is 8.21. The Balaban J connectivity index is 2.51. The van der Waals surface area contributed by atoms with E-state index in [2.05, 4.69) is 21.6 Å². The van der Waals surface area contributed by atoms with Gasteiger partial charge in [-0.15, -0.1) is 0 Å². The van der Waals surface area contributed by atoms with Crippen LogP contribution in [0.2, 0.25) is 0 Å². The fourth-order valence-electron chi connectivity index (χ4n) is 1.37. The molecule has 0 atom stereocenters. The number of rotatable bonds is 7. The van der Waals surface area contributed by atoms with Gasteiger partial charge in [0.15, 0.2) is 24.2 Å². The normalized spacial score (nSPS) is 12.9. The van der Waals surface area contributed by atoms with Gasteiger partial charge in [-0.2, -0.15) is 13.2 Å². The Morgan fingerprint density at radius 1 is 1.35 bits per heavy atom. The molecule has 3 N–H and O–H groups in total. The number of nitrogens with one attached hydrogen (secondary N) is 1. The molecule has 0 aliphatic heterocycles. The van der Waals surface area contributed by atoms with E-state index < -0.39 is 24.5 Å². The topological polar surface area (TPSA) is 59.6 Å². The van der Waals surface area contributed by atoms with Gasteiger partial charge in [-0.1, -0.05) is 29.8 Å². The highest BCUT2D eigenvalue weighted by Crippen LogP contribution is 2.15. The van der Waals surface area contributed by atoms with Crippen LogP contribution in [-0.2, 0) is 11.3 Å². The largest absolute Gasteiger partial charge is 0.470 e. The molecule has 1 aromatic carbocycles. The van der Waals surface area contributed by atoms with Gasteiger partial charge >= 0.3 is 6.18 Å². The standard InChI is InChI=1S/C15H17F4N3O/c1-10-3-5-12(6-4-10)7-22-14(20)13(16)8-21-11(2)23-9-15(17,18)19/h3-6,8,21H,2,7,9H2,1H3,(H2,20,22). The van der Waals surface area contributed by atoms with Gasteiger partial charge in [0.1, 0.15) is 0 Å². The summed E-state index contributed by atoms with van der Waals surface area (Å²) in [6, 6.07) is 7.44. The Bertz CT molecular complexity index is 592. The third-order valence-corrected chi connectivity index (χ3v) is 2.57. The van der Waals surface area contributed by atoms with Crippen molar-refractivity contribution in [2.45, 2.75) is 19.6 Å². The number of nitrogens with zero attached hydrogens (tertiary/aromatic N) is 1. The minimum absolute atomic E-state index is 0.179. The molecule has 0 saturated heterocycles. The van der Waals surface area contributed by atoms with Gasteiger partial charge in [-0.3, -0.25) is 4.99 Å². The Labute approximate surface area is 131 Å². The van der Waals surface area contributed by atoms with Crippen LogP contribution < -0.4 is 11.1 Å². The van der Waals surface area contributed by atoms with Crippen molar-refractivity contribution in [3.8, 4) is 0 Å². The molecular weight excluding hydrogens is 314 g/mol. The van der Waals surface area contributed by atoms with E-state index in [9.17, 15) is 17.6 Å². The molecule has 0 fully saturated rings. The highest BCUT2D eigenvalue weighted by molar-refractivity contribution is 5.94. The summed E-state index contributed by atoms with van der Waals surface area (Å²) in [5, 5.41) is 2.13. The van der Waals surface area contributed by atoms with Crippen LogP contribution in [-0.4, -0.2) is 18.6 Å². The number of hydrogen-bond donors (Lipinski definition) is 2. The third kappa shape index (κ3) is 7.89. The molecule has 0 heterocycles. The summed E-state index contributed by atoms with van der Waals surface area (Å²) in [5.74, 6) is -1.78. The van der Waals surface area contributed by atoms with Gasteiger partial charge in [0.05, 0.1) is 6.54 Å². The first-order chi connectivity index (χ1) is 10.7. The van der Waals surface area contributed by atoms with Crippen molar-refractivity contribution in [3.63, 3.8) is 0 Å². The van der Waals surface area contributed by atoms with Gasteiger partial charge in [0.2, 0.25) is 0 Å². The van der Waals surface area contributed by atoms with E-state index in [-0.39, 0.29) is 12.4 Å². The first kappa shape index (κ1) is 18.5. The lowest BCUT2D eigenvalue weighted by Crippen LogP contribution is -2.21. The molecule has 0 aliphatic rings. The smallest absolute Gasteiger partial charge is 0.422 e. The third-order valence-electron chi connectivity index (χ3n) is 2.57. The van der Waals surface area contributed by atoms with Crippen LogP contribution in [0.4, 0.5) is 17.6 Å². The molecule has 0 aliphatic carbocycles. The number of benzene rings is 1. The summed E-state index contributed by atoms with van der Waals surface area (Å²) in [7, 11) is 0. The molecule has 0 unspecified atom stereocenters.